The minimum atomic E-state index is 0.138. The van der Waals surface area contributed by atoms with Crippen LogP contribution in [0.4, 0.5) is 0 Å². The maximum absolute atomic E-state index is 12.3. The molecule has 1 atom stereocenters. The maximum Gasteiger partial charge on any atom is 0.227 e. The molecule has 0 spiro atoms. The molecule has 1 unspecified atom stereocenters. The Morgan fingerprint density at radius 2 is 2.28 bits per heavy atom. The quantitative estimate of drug-likeness (QED) is 0.817. The first-order valence-electron chi connectivity index (χ1n) is 6.42. The Hall–Kier alpha value is -1.36. The highest BCUT2D eigenvalue weighted by atomic mass is 16.5. The fourth-order valence-corrected chi connectivity index (χ4v) is 2.33. The van der Waals surface area contributed by atoms with Crippen LogP contribution >= 0.6 is 0 Å². The molecule has 0 radical (unpaired) electrons. The van der Waals surface area contributed by atoms with Gasteiger partial charge in [0.2, 0.25) is 5.91 Å². The van der Waals surface area contributed by atoms with Gasteiger partial charge in [-0.2, -0.15) is 0 Å². The van der Waals surface area contributed by atoms with E-state index in [1.165, 1.54) is 0 Å². The summed E-state index contributed by atoms with van der Waals surface area (Å²) in [4.78, 5) is 14.3. The Bertz CT molecular complexity index is 408. The topological polar surface area (TPSA) is 55.6 Å². The normalized spacial score (nSPS) is 20.2. The second-order valence-electron chi connectivity index (χ2n) is 4.70. The van der Waals surface area contributed by atoms with E-state index < -0.39 is 0 Å². The molecule has 5 heteroatoms. The first kappa shape index (κ1) is 13.1. The summed E-state index contributed by atoms with van der Waals surface area (Å²) >= 11 is 0. The molecule has 1 aromatic heterocycles. The van der Waals surface area contributed by atoms with E-state index in [-0.39, 0.29) is 11.9 Å². The van der Waals surface area contributed by atoms with Crippen molar-refractivity contribution in [3.63, 3.8) is 0 Å². The summed E-state index contributed by atoms with van der Waals surface area (Å²) in [6.45, 7) is 7.75. The van der Waals surface area contributed by atoms with Gasteiger partial charge in [-0.15, -0.1) is 0 Å². The average molecular weight is 252 g/mol. The van der Waals surface area contributed by atoms with Crippen LogP contribution in [-0.4, -0.2) is 41.8 Å². The van der Waals surface area contributed by atoms with Crippen molar-refractivity contribution < 1.29 is 14.1 Å². The highest BCUT2D eigenvalue weighted by molar-refractivity contribution is 5.79. The van der Waals surface area contributed by atoms with Crippen molar-refractivity contribution in [1.29, 1.82) is 0 Å². The summed E-state index contributed by atoms with van der Waals surface area (Å²) in [7, 11) is 0. The second-order valence-corrected chi connectivity index (χ2v) is 4.70. The van der Waals surface area contributed by atoms with Gasteiger partial charge in [0, 0.05) is 12.1 Å². The predicted octanol–water partition coefficient (Wildman–Crippen LogP) is 1.47. The Morgan fingerprint density at radius 1 is 1.50 bits per heavy atom. The maximum atomic E-state index is 12.3. The monoisotopic (exact) mass is 252 g/mol. The number of morpholine rings is 1. The van der Waals surface area contributed by atoms with Crippen LogP contribution in [0.5, 0.6) is 0 Å². The minimum absolute atomic E-state index is 0.138. The van der Waals surface area contributed by atoms with Gasteiger partial charge in [0.25, 0.3) is 0 Å². The summed E-state index contributed by atoms with van der Waals surface area (Å²) in [5.41, 5.74) is 1.73. The molecule has 1 aliphatic heterocycles. The summed E-state index contributed by atoms with van der Waals surface area (Å²) in [6.07, 6.45) is 1.30. The minimum Gasteiger partial charge on any atom is -0.377 e. The van der Waals surface area contributed by atoms with Crippen LogP contribution in [0.25, 0.3) is 0 Å². The van der Waals surface area contributed by atoms with E-state index in [0.29, 0.717) is 26.2 Å². The molecule has 1 amide bonds. The zero-order valence-electron chi connectivity index (χ0n) is 11.2. The molecule has 18 heavy (non-hydrogen) atoms. The number of hydrogen-bond acceptors (Lipinski definition) is 4. The lowest BCUT2D eigenvalue weighted by molar-refractivity contribution is -0.139. The van der Waals surface area contributed by atoms with Crippen molar-refractivity contribution in [3.05, 3.63) is 17.0 Å². The fourth-order valence-electron chi connectivity index (χ4n) is 2.33. The highest BCUT2D eigenvalue weighted by Crippen LogP contribution is 2.17. The van der Waals surface area contributed by atoms with E-state index in [4.69, 9.17) is 9.26 Å². The molecule has 0 bridgehead atoms. The molecule has 5 nitrogen and oxygen atoms in total. The zero-order valence-corrected chi connectivity index (χ0v) is 11.2. The van der Waals surface area contributed by atoms with Crippen LogP contribution in [0.3, 0.4) is 0 Å². The van der Waals surface area contributed by atoms with Gasteiger partial charge >= 0.3 is 0 Å². The Morgan fingerprint density at radius 3 is 2.89 bits per heavy atom. The lowest BCUT2D eigenvalue weighted by Gasteiger charge is -2.35. The number of ether oxygens (including phenoxy) is 1. The molecular weight excluding hydrogens is 232 g/mol. The standard InChI is InChI=1S/C13H20N2O3/c1-4-11-8-17-6-5-15(11)13(16)7-12-9(2)14-18-10(12)3/h11H,4-8H2,1-3H3. The van der Waals surface area contributed by atoms with Gasteiger partial charge in [0.15, 0.2) is 0 Å². The van der Waals surface area contributed by atoms with Gasteiger partial charge < -0.3 is 14.2 Å². The largest absolute Gasteiger partial charge is 0.377 e. The van der Waals surface area contributed by atoms with Gasteiger partial charge in [0.05, 0.1) is 31.4 Å². The first-order chi connectivity index (χ1) is 8.63. The Labute approximate surface area is 107 Å². The molecule has 1 aromatic rings. The van der Waals surface area contributed by atoms with Crippen LogP contribution < -0.4 is 0 Å². The van der Waals surface area contributed by atoms with Crippen LogP contribution in [0.15, 0.2) is 4.52 Å². The Balaban J connectivity index is 2.07. The van der Waals surface area contributed by atoms with Gasteiger partial charge in [-0.05, 0) is 20.3 Å². The Kier molecular flexibility index (Phi) is 4.01. The van der Waals surface area contributed by atoms with Crippen molar-refractivity contribution in [2.75, 3.05) is 19.8 Å². The number of nitrogens with zero attached hydrogens (tertiary/aromatic N) is 2. The molecule has 1 aliphatic rings. The van der Waals surface area contributed by atoms with Gasteiger partial charge in [0.1, 0.15) is 5.76 Å². The highest BCUT2D eigenvalue weighted by Gasteiger charge is 2.27. The van der Waals surface area contributed by atoms with Crippen LogP contribution in [0.1, 0.15) is 30.4 Å². The van der Waals surface area contributed by atoms with Crippen molar-refractivity contribution >= 4 is 5.91 Å². The van der Waals surface area contributed by atoms with Crippen molar-refractivity contribution in [1.82, 2.24) is 10.1 Å². The van der Waals surface area contributed by atoms with E-state index >= 15 is 0 Å². The van der Waals surface area contributed by atoms with Crippen molar-refractivity contribution in [3.8, 4) is 0 Å². The summed E-state index contributed by atoms with van der Waals surface area (Å²) in [5.74, 6) is 0.877. The fraction of sp³-hybridized carbons (Fsp3) is 0.692. The molecule has 100 valence electrons. The number of hydrogen-bond donors (Lipinski definition) is 0. The number of aryl methyl sites for hydroxylation is 2. The summed E-state index contributed by atoms with van der Waals surface area (Å²) < 4.78 is 10.5. The van der Waals surface area contributed by atoms with Gasteiger partial charge in [-0.3, -0.25) is 4.79 Å². The van der Waals surface area contributed by atoms with Gasteiger partial charge in [-0.1, -0.05) is 12.1 Å². The third kappa shape index (κ3) is 2.56. The smallest absolute Gasteiger partial charge is 0.227 e. The number of rotatable bonds is 3. The molecule has 2 heterocycles. The van der Waals surface area contributed by atoms with E-state index in [1.54, 1.807) is 0 Å². The molecule has 0 saturated carbocycles. The first-order valence-corrected chi connectivity index (χ1v) is 6.42. The van der Waals surface area contributed by atoms with Crippen LogP contribution in [0.2, 0.25) is 0 Å². The molecule has 2 rings (SSSR count). The van der Waals surface area contributed by atoms with Crippen LogP contribution in [0, 0.1) is 13.8 Å². The number of aromatic nitrogens is 1. The van der Waals surface area contributed by atoms with Crippen molar-refractivity contribution in [2.45, 2.75) is 39.7 Å². The van der Waals surface area contributed by atoms with E-state index in [1.807, 2.05) is 18.7 Å². The van der Waals surface area contributed by atoms with E-state index in [2.05, 4.69) is 12.1 Å². The lowest BCUT2D eigenvalue weighted by atomic mass is 10.1. The van der Waals surface area contributed by atoms with Crippen LogP contribution in [-0.2, 0) is 16.0 Å². The predicted molar refractivity (Wildman–Crippen MR) is 66.3 cm³/mol. The molecule has 1 fully saturated rings. The van der Waals surface area contributed by atoms with Gasteiger partial charge in [-0.25, -0.2) is 0 Å². The molecule has 0 N–H and O–H groups in total. The number of carbonyl (C=O) groups is 1. The summed E-state index contributed by atoms with van der Waals surface area (Å²) in [5, 5.41) is 3.88. The lowest BCUT2D eigenvalue weighted by Crippen LogP contribution is -2.49. The molecular formula is C13H20N2O3. The molecule has 0 aromatic carbocycles. The van der Waals surface area contributed by atoms with Crippen molar-refractivity contribution in [2.24, 2.45) is 0 Å². The number of amides is 1. The van der Waals surface area contributed by atoms with E-state index in [0.717, 1.165) is 23.4 Å². The number of carbonyl (C=O) groups excluding carboxylic acids is 1. The third-order valence-electron chi connectivity index (χ3n) is 3.53. The second kappa shape index (κ2) is 5.52. The summed E-state index contributed by atoms with van der Waals surface area (Å²) in [6, 6.07) is 0.201. The molecule has 1 saturated heterocycles. The molecule has 0 aliphatic carbocycles. The van der Waals surface area contributed by atoms with E-state index in [9.17, 15) is 4.79 Å². The average Bonchev–Trinajstić information content (AvgIpc) is 2.70. The third-order valence-corrected chi connectivity index (χ3v) is 3.53. The SMILES string of the molecule is CCC1COCCN1C(=O)Cc1c(C)noc1C. The zero-order chi connectivity index (χ0) is 13.1.